The lowest BCUT2D eigenvalue weighted by atomic mass is 10.0. The molecule has 2 aromatic carbocycles. The highest BCUT2D eigenvalue weighted by molar-refractivity contribution is 6.09. The topological polar surface area (TPSA) is 72.5 Å². The van der Waals surface area contributed by atoms with Gasteiger partial charge in [-0.15, -0.1) is 0 Å². The average Bonchev–Trinajstić information content (AvgIpc) is 2.72. The molecule has 0 unspecified atom stereocenters. The number of rotatable bonds is 10. The third-order valence-electron chi connectivity index (χ3n) is 4.11. The van der Waals surface area contributed by atoms with Crippen molar-refractivity contribution in [1.82, 2.24) is 5.32 Å². The van der Waals surface area contributed by atoms with E-state index in [0.717, 1.165) is 25.7 Å². The first kappa shape index (κ1) is 20.4. The first-order valence-electron chi connectivity index (χ1n) is 9.25. The lowest BCUT2D eigenvalue weighted by Gasteiger charge is -2.07. The predicted octanol–water partition coefficient (Wildman–Crippen LogP) is 3.77. The van der Waals surface area contributed by atoms with Gasteiger partial charge in [0.05, 0.1) is 5.56 Å². The summed E-state index contributed by atoms with van der Waals surface area (Å²) in [4.78, 5) is 36.0. The molecule has 2 aromatic rings. The Morgan fingerprint density at radius 1 is 0.815 bits per heavy atom. The zero-order valence-electron chi connectivity index (χ0n) is 15.6. The fourth-order valence-electron chi connectivity index (χ4n) is 2.56. The van der Waals surface area contributed by atoms with Crippen LogP contribution in [-0.4, -0.2) is 30.8 Å². The number of nitrogens with one attached hydrogen (secondary N) is 1. The number of ketones is 1. The monoisotopic (exact) mass is 367 g/mol. The molecule has 5 nitrogen and oxygen atoms in total. The molecule has 0 aliphatic rings. The standard InChI is InChI=1S/C22H25NO4/c1-2-3-4-8-15-23-20(24)16-27-22(26)19-13-11-18(12-14-19)21(25)17-9-6-5-7-10-17/h5-7,9-14H,2-4,8,15-16H2,1H3,(H,23,24). The summed E-state index contributed by atoms with van der Waals surface area (Å²) in [6.07, 6.45) is 4.28. The van der Waals surface area contributed by atoms with Gasteiger partial charge in [0.2, 0.25) is 0 Å². The number of amides is 1. The maximum absolute atomic E-state index is 12.3. The summed E-state index contributed by atoms with van der Waals surface area (Å²) in [6, 6.07) is 15.2. The van der Waals surface area contributed by atoms with Crippen LogP contribution in [0.5, 0.6) is 0 Å². The summed E-state index contributed by atoms with van der Waals surface area (Å²) < 4.78 is 5.02. The van der Waals surface area contributed by atoms with Gasteiger partial charge in [-0.25, -0.2) is 4.79 Å². The number of hydrogen-bond donors (Lipinski definition) is 1. The van der Waals surface area contributed by atoms with Crippen molar-refractivity contribution in [3.63, 3.8) is 0 Å². The molecule has 0 aliphatic heterocycles. The Labute approximate surface area is 159 Å². The Hall–Kier alpha value is -2.95. The summed E-state index contributed by atoms with van der Waals surface area (Å²) >= 11 is 0. The fraction of sp³-hybridized carbons (Fsp3) is 0.318. The molecule has 5 heteroatoms. The minimum Gasteiger partial charge on any atom is -0.452 e. The van der Waals surface area contributed by atoms with Crippen molar-refractivity contribution in [2.24, 2.45) is 0 Å². The van der Waals surface area contributed by atoms with E-state index in [1.165, 1.54) is 12.1 Å². The molecule has 0 aliphatic carbocycles. The predicted molar refractivity (Wildman–Crippen MR) is 104 cm³/mol. The number of carbonyl (C=O) groups excluding carboxylic acids is 3. The zero-order valence-corrected chi connectivity index (χ0v) is 15.6. The third-order valence-corrected chi connectivity index (χ3v) is 4.11. The van der Waals surface area contributed by atoms with Gasteiger partial charge in [-0.3, -0.25) is 9.59 Å². The molecule has 0 bridgehead atoms. The molecule has 0 saturated carbocycles. The van der Waals surface area contributed by atoms with Crippen LogP contribution in [0.1, 0.15) is 58.9 Å². The van der Waals surface area contributed by atoms with Crippen LogP contribution in [0.15, 0.2) is 54.6 Å². The van der Waals surface area contributed by atoms with E-state index in [0.29, 0.717) is 23.2 Å². The Bertz CT molecular complexity index is 754. The van der Waals surface area contributed by atoms with Gasteiger partial charge in [-0.05, 0) is 18.6 Å². The van der Waals surface area contributed by atoms with Crippen LogP contribution >= 0.6 is 0 Å². The Kier molecular flexibility index (Phi) is 8.23. The summed E-state index contributed by atoms with van der Waals surface area (Å²) in [5.74, 6) is -1.01. The van der Waals surface area contributed by atoms with E-state index in [2.05, 4.69) is 12.2 Å². The van der Waals surface area contributed by atoms with Crippen LogP contribution in [0.3, 0.4) is 0 Å². The molecule has 0 fully saturated rings. The largest absolute Gasteiger partial charge is 0.452 e. The van der Waals surface area contributed by atoms with Crippen molar-refractivity contribution in [3.8, 4) is 0 Å². The van der Waals surface area contributed by atoms with Crippen LogP contribution in [0, 0.1) is 0 Å². The summed E-state index contributed by atoms with van der Waals surface area (Å²) in [7, 11) is 0. The lowest BCUT2D eigenvalue weighted by Crippen LogP contribution is -2.29. The number of carbonyl (C=O) groups is 3. The van der Waals surface area contributed by atoms with Crippen molar-refractivity contribution < 1.29 is 19.1 Å². The highest BCUT2D eigenvalue weighted by atomic mass is 16.5. The Balaban J connectivity index is 1.80. The van der Waals surface area contributed by atoms with E-state index in [1.54, 1.807) is 36.4 Å². The molecular formula is C22H25NO4. The molecule has 1 N–H and O–H groups in total. The summed E-state index contributed by atoms with van der Waals surface area (Å²) in [6.45, 7) is 2.41. The van der Waals surface area contributed by atoms with Crippen molar-refractivity contribution in [2.75, 3.05) is 13.2 Å². The van der Waals surface area contributed by atoms with Crippen molar-refractivity contribution in [2.45, 2.75) is 32.6 Å². The fourth-order valence-corrected chi connectivity index (χ4v) is 2.56. The van der Waals surface area contributed by atoms with E-state index in [4.69, 9.17) is 4.74 Å². The minimum absolute atomic E-state index is 0.113. The maximum Gasteiger partial charge on any atom is 0.338 e. The van der Waals surface area contributed by atoms with Gasteiger partial charge in [0.15, 0.2) is 12.4 Å². The van der Waals surface area contributed by atoms with Crippen LogP contribution in [0.25, 0.3) is 0 Å². The van der Waals surface area contributed by atoms with Crippen LogP contribution in [-0.2, 0) is 9.53 Å². The van der Waals surface area contributed by atoms with Gasteiger partial charge < -0.3 is 10.1 Å². The smallest absolute Gasteiger partial charge is 0.338 e. The Morgan fingerprint density at radius 3 is 2.11 bits per heavy atom. The second-order valence-corrected chi connectivity index (χ2v) is 6.26. The van der Waals surface area contributed by atoms with E-state index in [1.807, 2.05) is 6.07 Å². The first-order chi connectivity index (χ1) is 13.1. The van der Waals surface area contributed by atoms with Gasteiger partial charge in [0.25, 0.3) is 5.91 Å². The van der Waals surface area contributed by atoms with Gasteiger partial charge in [0, 0.05) is 17.7 Å². The highest BCUT2D eigenvalue weighted by Gasteiger charge is 2.12. The average molecular weight is 367 g/mol. The molecule has 0 atom stereocenters. The second-order valence-electron chi connectivity index (χ2n) is 6.26. The Morgan fingerprint density at radius 2 is 1.44 bits per heavy atom. The molecule has 27 heavy (non-hydrogen) atoms. The maximum atomic E-state index is 12.3. The molecule has 0 spiro atoms. The first-order valence-corrected chi connectivity index (χ1v) is 9.25. The molecule has 0 radical (unpaired) electrons. The van der Waals surface area contributed by atoms with E-state index in [9.17, 15) is 14.4 Å². The SMILES string of the molecule is CCCCCCNC(=O)COC(=O)c1ccc(C(=O)c2ccccc2)cc1. The number of esters is 1. The van der Waals surface area contributed by atoms with Gasteiger partial charge in [0.1, 0.15) is 0 Å². The normalized spacial score (nSPS) is 10.3. The van der Waals surface area contributed by atoms with Crippen molar-refractivity contribution in [3.05, 3.63) is 71.3 Å². The van der Waals surface area contributed by atoms with Crippen molar-refractivity contribution >= 4 is 17.7 Å². The van der Waals surface area contributed by atoms with E-state index < -0.39 is 5.97 Å². The molecule has 1 amide bonds. The second kappa shape index (κ2) is 10.9. The molecule has 0 heterocycles. The number of benzene rings is 2. The van der Waals surface area contributed by atoms with Crippen LogP contribution in [0.2, 0.25) is 0 Å². The number of hydrogen-bond acceptors (Lipinski definition) is 4. The molecule has 0 aromatic heterocycles. The minimum atomic E-state index is -0.588. The highest BCUT2D eigenvalue weighted by Crippen LogP contribution is 2.12. The van der Waals surface area contributed by atoms with Crippen LogP contribution in [0.4, 0.5) is 0 Å². The molecule has 2 rings (SSSR count). The van der Waals surface area contributed by atoms with Gasteiger partial charge in [-0.1, -0.05) is 68.7 Å². The van der Waals surface area contributed by atoms with Crippen LogP contribution < -0.4 is 5.32 Å². The molecular weight excluding hydrogens is 342 g/mol. The van der Waals surface area contributed by atoms with Gasteiger partial charge >= 0.3 is 5.97 Å². The number of ether oxygens (including phenoxy) is 1. The lowest BCUT2D eigenvalue weighted by molar-refractivity contribution is -0.124. The van der Waals surface area contributed by atoms with E-state index >= 15 is 0 Å². The van der Waals surface area contributed by atoms with Gasteiger partial charge in [-0.2, -0.15) is 0 Å². The van der Waals surface area contributed by atoms with Crippen molar-refractivity contribution in [1.29, 1.82) is 0 Å². The summed E-state index contributed by atoms with van der Waals surface area (Å²) in [5, 5.41) is 2.73. The molecule has 142 valence electrons. The van der Waals surface area contributed by atoms with E-state index in [-0.39, 0.29) is 18.3 Å². The summed E-state index contributed by atoms with van der Waals surface area (Å²) in [5.41, 5.74) is 1.38. The molecule has 0 saturated heterocycles. The quantitative estimate of drug-likeness (QED) is 0.394. The third kappa shape index (κ3) is 6.70. The number of unbranched alkanes of at least 4 members (excludes halogenated alkanes) is 3. The zero-order chi connectivity index (χ0) is 19.5.